The van der Waals surface area contributed by atoms with E-state index in [1.807, 2.05) is 19.9 Å². The van der Waals surface area contributed by atoms with Gasteiger partial charge in [-0.05, 0) is 44.6 Å². The van der Waals surface area contributed by atoms with Crippen LogP contribution in [-0.4, -0.2) is 24.2 Å². The van der Waals surface area contributed by atoms with E-state index < -0.39 is 0 Å². The van der Waals surface area contributed by atoms with Crippen LogP contribution in [0.15, 0.2) is 6.07 Å². The molecule has 2 rings (SSSR count). The maximum atomic E-state index is 12.0. The van der Waals surface area contributed by atoms with E-state index in [1.165, 1.54) is 4.88 Å². The lowest BCUT2D eigenvalue weighted by molar-refractivity contribution is 0.0940. The first-order chi connectivity index (χ1) is 8.06. The Hall–Kier alpha value is -0.870. The second kappa shape index (κ2) is 4.78. The molecule has 0 bridgehead atoms. The van der Waals surface area contributed by atoms with E-state index in [1.54, 1.807) is 11.3 Å². The van der Waals surface area contributed by atoms with E-state index in [0.717, 1.165) is 29.7 Å². The summed E-state index contributed by atoms with van der Waals surface area (Å²) in [5.41, 5.74) is 0.982. The fraction of sp³-hybridized carbons (Fsp3) is 0.615. The molecule has 17 heavy (non-hydrogen) atoms. The predicted molar refractivity (Wildman–Crippen MR) is 69.5 cm³/mol. The molecule has 1 heterocycles. The van der Waals surface area contributed by atoms with Gasteiger partial charge >= 0.3 is 0 Å². The smallest absolute Gasteiger partial charge is 0.252 e. The molecule has 0 aromatic carbocycles. The highest BCUT2D eigenvalue weighted by atomic mass is 32.1. The highest BCUT2D eigenvalue weighted by Crippen LogP contribution is 2.47. The van der Waals surface area contributed by atoms with E-state index in [4.69, 9.17) is 5.11 Å². The van der Waals surface area contributed by atoms with E-state index in [-0.39, 0.29) is 17.9 Å². The number of carbonyl (C=O) groups excluding carboxylic acids is 1. The Kier molecular flexibility index (Phi) is 3.54. The standard InChI is InChI=1S/C13H19NO2S/c1-9-7-11(10(2)17-9)12(16)14-8-13(3-4-13)5-6-15/h7,15H,3-6,8H2,1-2H3,(H,14,16). The monoisotopic (exact) mass is 253 g/mol. The summed E-state index contributed by atoms with van der Waals surface area (Å²) in [5.74, 6) is 0.0241. The quantitative estimate of drug-likeness (QED) is 0.845. The molecule has 1 aromatic heterocycles. The molecule has 1 saturated carbocycles. The summed E-state index contributed by atoms with van der Waals surface area (Å²) in [4.78, 5) is 14.2. The third kappa shape index (κ3) is 2.87. The van der Waals surface area contributed by atoms with Gasteiger partial charge in [0.15, 0.2) is 0 Å². The summed E-state index contributed by atoms with van der Waals surface area (Å²) < 4.78 is 0. The lowest BCUT2D eigenvalue weighted by atomic mass is 10.0. The Labute approximate surface area is 106 Å². The molecule has 1 aliphatic carbocycles. The van der Waals surface area contributed by atoms with Crippen LogP contribution < -0.4 is 5.32 Å². The van der Waals surface area contributed by atoms with Crippen molar-refractivity contribution in [3.8, 4) is 0 Å². The molecule has 1 aromatic rings. The number of rotatable bonds is 5. The third-order valence-electron chi connectivity index (χ3n) is 3.51. The zero-order chi connectivity index (χ0) is 12.5. The van der Waals surface area contributed by atoms with Crippen LogP contribution in [0.25, 0.3) is 0 Å². The van der Waals surface area contributed by atoms with Crippen molar-refractivity contribution in [3.05, 3.63) is 21.4 Å². The van der Waals surface area contributed by atoms with Crippen molar-refractivity contribution in [1.82, 2.24) is 5.32 Å². The number of aliphatic hydroxyl groups is 1. The number of aliphatic hydroxyl groups excluding tert-OH is 1. The van der Waals surface area contributed by atoms with Crippen molar-refractivity contribution in [2.75, 3.05) is 13.2 Å². The molecular weight excluding hydrogens is 234 g/mol. The normalized spacial score (nSPS) is 16.9. The molecule has 2 N–H and O–H groups in total. The van der Waals surface area contributed by atoms with Crippen molar-refractivity contribution in [2.45, 2.75) is 33.1 Å². The number of thiophene rings is 1. The van der Waals surface area contributed by atoms with Crippen LogP contribution in [0, 0.1) is 19.3 Å². The van der Waals surface area contributed by atoms with Crippen molar-refractivity contribution in [3.63, 3.8) is 0 Å². The van der Waals surface area contributed by atoms with Gasteiger partial charge in [-0.1, -0.05) is 0 Å². The summed E-state index contributed by atoms with van der Waals surface area (Å²) in [7, 11) is 0. The highest BCUT2D eigenvalue weighted by molar-refractivity contribution is 7.12. The second-order valence-corrected chi connectivity index (χ2v) is 6.44. The van der Waals surface area contributed by atoms with Gasteiger partial charge in [0.2, 0.25) is 0 Å². The first-order valence-electron chi connectivity index (χ1n) is 6.02. The first-order valence-corrected chi connectivity index (χ1v) is 6.84. The van der Waals surface area contributed by atoms with Gasteiger partial charge < -0.3 is 10.4 Å². The molecule has 0 radical (unpaired) electrons. The average molecular weight is 253 g/mol. The van der Waals surface area contributed by atoms with Gasteiger partial charge in [-0.15, -0.1) is 11.3 Å². The van der Waals surface area contributed by atoms with E-state index in [2.05, 4.69) is 5.32 Å². The van der Waals surface area contributed by atoms with Gasteiger partial charge in [-0.2, -0.15) is 0 Å². The lowest BCUT2D eigenvalue weighted by Crippen LogP contribution is -2.30. The van der Waals surface area contributed by atoms with Crippen molar-refractivity contribution in [2.24, 2.45) is 5.41 Å². The van der Waals surface area contributed by atoms with Crippen molar-refractivity contribution in [1.29, 1.82) is 0 Å². The van der Waals surface area contributed by atoms with Crippen molar-refractivity contribution < 1.29 is 9.90 Å². The number of nitrogens with one attached hydrogen (secondary N) is 1. The molecular formula is C13H19NO2S. The van der Waals surface area contributed by atoms with Gasteiger partial charge in [0.05, 0.1) is 5.56 Å². The number of aryl methyl sites for hydroxylation is 2. The first kappa shape index (κ1) is 12.6. The summed E-state index contributed by atoms with van der Waals surface area (Å²) in [6.45, 7) is 4.91. The minimum Gasteiger partial charge on any atom is -0.396 e. The molecule has 0 saturated heterocycles. The average Bonchev–Trinajstić information content (AvgIpc) is 2.95. The third-order valence-corrected chi connectivity index (χ3v) is 4.47. The van der Waals surface area contributed by atoms with Gasteiger partial charge in [-0.25, -0.2) is 0 Å². The Morgan fingerprint density at radius 2 is 2.24 bits per heavy atom. The number of hydrogen-bond donors (Lipinski definition) is 2. The zero-order valence-electron chi connectivity index (χ0n) is 10.4. The van der Waals surface area contributed by atoms with Gasteiger partial charge in [0.25, 0.3) is 5.91 Å². The Morgan fingerprint density at radius 3 is 2.71 bits per heavy atom. The van der Waals surface area contributed by atoms with Gasteiger partial charge in [-0.3, -0.25) is 4.79 Å². The SMILES string of the molecule is Cc1cc(C(=O)NCC2(CCO)CC2)c(C)s1. The summed E-state index contributed by atoms with van der Waals surface area (Å²) in [6, 6.07) is 1.95. The van der Waals surface area contributed by atoms with Crippen LogP contribution in [0.3, 0.4) is 0 Å². The van der Waals surface area contributed by atoms with Crippen LogP contribution in [0.1, 0.15) is 39.4 Å². The van der Waals surface area contributed by atoms with Crippen LogP contribution >= 0.6 is 11.3 Å². The Morgan fingerprint density at radius 1 is 1.53 bits per heavy atom. The van der Waals surface area contributed by atoms with Crippen molar-refractivity contribution >= 4 is 17.2 Å². The van der Waals surface area contributed by atoms with Gasteiger partial charge in [0.1, 0.15) is 0 Å². The zero-order valence-corrected chi connectivity index (χ0v) is 11.2. The fourth-order valence-electron chi connectivity index (χ4n) is 2.15. The largest absolute Gasteiger partial charge is 0.396 e. The molecule has 0 spiro atoms. The minimum absolute atomic E-state index is 0.0241. The number of hydrogen-bond acceptors (Lipinski definition) is 3. The van der Waals surface area contributed by atoms with Gasteiger partial charge in [0, 0.05) is 22.9 Å². The fourth-order valence-corrected chi connectivity index (χ4v) is 3.07. The summed E-state index contributed by atoms with van der Waals surface area (Å²) in [6.07, 6.45) is 3.04. The molecule has 0 atom stereocenters. The molecule has 0 aliphatic heterocycles. The van der Waals surface area contributed by atoms with E-state index in [0.29, 0.717) is 6.54 Å². The molecule has 1 aliphatic rings. The highest BCUT2D eigenvalue weighted by Gasteiger charge is 2.41. The maximum Gasteiger partial charge on any atom is 0.252 e. The Bertz CT molecular complexity index is 421. The van der Waals surface area contributed by atoms with Crippen LogP contribution in [0.5, 0.6) is 0 Å². The Balaban J connectivity index is 1.92. The maximum absolute atomic E-state index is 12.0. The lowest BCUT2D eigenvalue weighted by Gasteiger charge is -2.14. The molecule has 1 amide bonds. The van der Waals surface area contributed by atoms with Crippen LogP contribution in [-0.2, 0) is 0 Å². The molecule has 3 nitrogen and oxygen atoms in total. The van der Waals surface area contributed by atoms with Crippen LogP contribution in [0.4, 0.5) is 0 Å². The molecule has 4 heteroatoms. The summed E-state index contributed by atoms with van der Waals surface area (Å²) >= 11 is 1.66. The van der Waals surface area contributed by atoms with Crippen LogP contribution in [0.2, 0.25) is 0 Å². The van der Waals surface area contributed by atoms with E-state index in [9.17, 15) is 4.79 Å². The predicted octanol–water partition coefficient (Wildman–Crippen LogP) is 2.26. The second-order valence-electron chi connectivity index (χ2n) is 4.98. The minimum atomic E-state index is 0.0241. The summed E-state index contributed by atoms with van der Waals surface area (Å²) in [5, 5.41) is 12.0. The molecule has 0 unspecified atom stereocenters. The number of carbonyl (C=O) groups is 1. The number of amides is 1. The van der Waals surface area contributed by atoms with E-state index >= 15 is 0 Å². The molecule has 94 valence electrons. The topological polar surface area (TPSA) is 49.3 Å². The molecule has 1 fully saturated rings.